The van der Waals surface area contributed by atoms with Crippen molar-refractivity contribution < 1.29 is 14.3 Å². The number of carbonyl (C=O) groups is 2. The average molecular weight is 311 g/mol. The molecule has 118 valence electrons. The fourth-order valence-electron chi connectivity index (χ4n) is 2.56. The van der Waals surface area contributed by atoms with Gasteiger partial charge >= 0.3 is 5.97 Å². The predicted octanol–water partition coefficient (Wildman–Crippen LogP) is 1.92. The van der Waals surface area contributed by atoms with Gasteiger partial charge in [0, 0.05) is 18.4 Å². The number of hydrogen-bond acceptors (Lipinski definition) is 5. The maximum atomic E-state index is 12.5. The van der Waals surface area contributed by atoms with E-state index >= 15 is 0 Å². The van der Waals surface area contributed by atoms with Crippen molar-refractivity contribution in [1.82, 2.24) is 9.97 Å². The first kappa shape index (κ1) is 15.1. The third-order valence-electron chi connectivity index (χ3n) is 3.77. The summed E-state index contributed by atoms with van der Waals surface area (Å²) < 4.78 is 5.23. The summed E-state index contributed by atoms with van der Waals surface area (Å²) in [6, 6.07) is 7.75. The van der Waals surface area contributed by atoms with Gasteiger partial charge in [0.05, 0.1) is 11.9 Å². The zero-order chi connectivity index (χ0) is 16.4. The summed E-state index contributed by atoms with van der Waals surface area (Å²) in [7, 11) is 0. The van der Waals surface area contributed by atoms with Crippen molar-refractivity contribution in [3.05, 3.63) is 53.6 Å². The van der Waals surface area contributed by atoms with Crippen molar-refractivity contribution in [2.75, 3.05) is 11.4 Å². The molecule has 2 aromatic rings. The molecule has 0 aliphatic carbocycles. The topological polar surface area (TPSA) is 72.4 Å². The summed E-state index contributed by atoms with van der Waals surface area (Å²) in [4.78, 5) is 34.2. The number of amides is 1. The van der Waals surface area contributed by atoms with Crippen molar-refractivity contribution in [2.45, 2.75) is 26.4 Å². The molecule has 6 heteroatoms. The Hall–Kier alpha value is -2.76. The highest BCUT2D eigenvalue weighted by Gasteiger charge is 2.30. The average Bonchev–Trinajstić information content (AvgIpc) is 2.98. The van der Waals surface area contributed by atoms with Crippen LogP contribution in [0.1, 0.15) is 28.7 Å². The number of aryl methyl sites for hydroxylation is 1. The predicted molar refractivity (Wildman–Crippen MR) is 84.1 cm³/mol. The Morgan fingerprint density at radius 1 is 1.22 bits per heavy atom. The van der Waals surface area contributed by atoms with Gasteiger partial charge in [-0.1, -0.05) is 18.2 Å². The third kappa shape index (κ3) is 3.06. The number of benzene rings is 1. The number of carbonyl (C=O) groups excluding carboxylic acids is 2. The molecule has 0 radical (unpaired) electrons. The van der Waals surface area contributed by atoms with Gasteiger partial charge in [0.15, 0.2) is 11.8 Å². The second kappa shape index (κ2) is 6.16. The molecule has 1 aliphatic heterocycles. The molecule has 23 heavy (non-hydrogen) atoms. The largest absolute Gasteiger partial charge is 0.448 e. The summed E-state index contributed by atoms with van der Waals surface area (Å²) in [5.74, 6) is -0.880. The van der Waals surface area contributed by atoms with Crippen LogP contribution in [-0.2, 0) is 16.0 Å². The number of rotatable bonds is 3. The van der Waals surface area contributed by atoms with Crippen LogP contribution in [0.3, 0.4) is 0 Å². The van der Waals surface area contributed by atoms with Gasteiger partial charge in [-0.15, -0.1) is 0 Å². The Balaban J connectivity index is 1.69. The van der Waals surface area contributed by atoms with Gasteiger partial charge in [-0.05, 0) is 31.9 Å². The first-order chi connectivity index (χ1) is 11.1. The molecule has 3 rings (SSSR count). The van der Waals surface area contributed by atoms with Crippen LogP contribution in [0, 0.1) is 6.92 Å². The number of hydrogen-bond donors (Lipinski definition) is 0. The van der Waals surface area contributed by atoms with E-state index in [1.165, 1.54) is 12.4 Å². The lowest BCUT2D eigenvalue weighted by molar-refractivity contribution is -0.126. The molecule has 0 N–H and O–H groups in total. The fraction of sp³-hybridized carbons (Fsp3) is 0.294. The fourth-order valence-corrected chi connectivity index (χ4v) is 2.56. The lowest BCUT2D eigenvalue weighted by Gasteiger charge is -2.21. The molecule has 6 nitrogen and oxygen atoms in total. The van der Waals surface area contributed by atoms with Crippen molar-refractivity contribution >= 4 is 17.6 Å². The monoisotopic (exact) mass is 311 g/mol. The Morgan fingerprint density at radius 2 is 2.00 bits per heavy atom. The van der Waals surface area contributed by atoms with E-state index in [4.69, 9.17) is 4.74 Å². The standard InChI is InChI=1S/C17H17N3O3/c1-11-9-19-14(10-18-11)17(22)23-12(2)16(21)20-8-7-13-5-3-4-6-15(13)20/h3-6,9-10,12H,7-8H2,1-2H3/t12-/m1/s1. The molecule has 0 bridgehead atoms. The number of anilines is 1. The summed E-state index contributed by atoms with van der Waals surface area (Å²) in [5.41, 5.74) is 2.82. The smallest absolute Gasteiger partial charge is 0.359 e. The minimum Gasteiger partial charge on any atom is -0.448 e. The number of para-hydroxylation sites is 1. The number of ether oxygens (including phenoxy) is 1. The third-order valence-corrected chi connectivity index (χ3v) is 3.77. The lowest BCUT2D eigenvalue weighted by Crippen LogP contribution is -2.39. The van der Waals surface area contributed by atoms with Crippen LogP contribution in [0.25, 0.3) is 0 Å². The van der Waals surface area contributed by atoms with E-state index in [1.54, 1.807) is 18.7 Å². The minimum atomic E-state index is -0.878. The second-order valence-corrected chi connectivity index (χ2v) is 5.46. The number of nitrogens with zero attached hydrogens (tertiary/aromatic N) is 3. The van der Waals surface area contributed by atoms with Gasteiger partial charge in [-0.3, -0.25) is 9.78 Å². The summed E-state index contributed by atoms with van der Waals surface area (Å²) >= 11 is 0. The number of fused-ring (bicyclic) bond motifs is 1. The van der Waals surface area contributed by atoms with Crippen molar-refractivity contribution in [1.29, 1.82) is 0 Å². The van der Waals surface area contributed by atoms with E-state index in [2.05, 4.69) is 9.97 Å². The second-order valence-electron chi connectivity index (χ2n) is 5.46. The molecule has 1 amide bonds. The Kier molecular flexibility index (Phi) is 4.06. The van der Waals surface area contributed by atoms with E-state index < -0.39 is 12.1 Å². The molecule has 1 atom stereocenters. The molecule has 1 aliphatic rings. The molecule has 1 aromatic heterocycles. The Bertz CT molecular complexity index is 743. The first-order valence-corrected chi connectivity index (χ1v) is 7.45. The molecular formula is C17H17N3O3. The van der Waals surface area contributed by atoms with Gasteiger partial charge in [-0.2, -0.15) is 0 Å². The maximum absolute atomic E-state index is 12.5. The summed E-state index contributed by atoms with van der Waals surface area (Å²) in [5, 5.41) is 0. The Labute approximate surface area is 134 Å². The summed E-state index contributed by atoms with van der Waals surface area (Å²) in [6.45, 7) is 3.95. The molecule has 0 saturated heterocycles. The SMILES string of the molecule is Cc1cnc(C(=O)O[C@H](C)C(=O)N2CCc3ccccc32)cn1. The highest BCUT2D eigenvalue weighted by molar-refractivity contribution is 6.00. The van der Waals surface area contributed by atoms with Gasteiger partial charge in [0.2, 0.25) is 0 Å². The van der Waals surface area contributed by atoms with E-state index in [0.29, 0.717) is 12.2 Å². The van der Waals surface area contributed by atoms with Crippen LogP contribution in [0.2, 0.25) is 0 Å². The van der Waals surface area contributed by atoms with Crippen molar-refractivity contribution in [3.8, 4) is 0 Å². The molecule has 0 saturated carbocycles. The Morgan fingerprint density at radius 3 is 2.74 bits per heavy atom. The van der Waals surface area contributed by atoms with Crippen LogP contribution >= 0.6 is 0 Å². The minimum absolute atomic E-state index is 0.0945. The zero-order valence-electron chi connectivity index (χ0n) is 13.0. The van der Waals surface area contributed by atoms with Crippen LogP contribution in [0.4, 0.5) is 5.69 Å². The van der Waals surface area contributed by atoms with Gasteiger partial charge < -0.3 is 9.64 Å². The quantitative estimate of drug-likeness (QED) is 0.810. The van der Waals surface area contributed by atoms with Gasteiger partial charge in [-0.25, -0.2) is 9.78 Å². The molecular weight excluding hydrogens is 294 g/mol. The van der Waals surface area contributed by atoms with Crippen molar-refractivity contribution in [2.24, 2.45) is 0 Å². The van der Waals surface area contributed by atoms with Gasteiger partial charge in [0.1, 0.15) is 0 Å². The van der Waals surface area contributed by atoms with Crippen LogP contribution in [0.15, 0.2) is 36.7 Å². The lowest BCUT2D eigenvalue weighted by atomic mass is 10.2. The van der Waals surface area contributed by atoms with Crippen LogP contribution in [0.5, 0.6) is 0 Å². The van der Waals surface area contributed by atoms with Crippen LogP contribution < -0.4 is 4.90 Å². The number of aromatic nitrogens is 2. The molecule has 2 heterocycles. The van der Waals surface area contributed by atoms with E-state index in [0.717, 1.165) is 17.7 Å². The first-order valence-electron chi connectivity index (χ1n) is 7.45. The van der Waals surface area contributed by atoms with Gasteiger partial charge in [0.25, 0.3) is 5.91 Å². The maximum Gasteiger partial charge on any atom is 0.359 e. The van der Waals surface area contributed by atoms with E-state index in [1.807, 2.05) is 24.3 Å². The van der Waals surface area contributed by atoms with Crippen LogP contribution in [-0.4, -0.2) is 34.5 Å². The number of esters is 1. The molecule has 0 spiro atoms. The summed E-state index contributed by atoms with van der Waals surface area (Å²) in [6.07, 6.45) is 2.77. The molecule has 1 aromatic carbocycles. The van der Waals surface area contributed by atoms with E-state index in [-0.39, 0.29) is 11.6 Å². The highest BCUT2D eigenvalue weighted by Crippen LogP contribution is 2.28. The zero-order valence-corrected chi connectivity index (χ0v) is 13.0. The van der Waals surface area contributed by atoms with Crippen molar-refractivity contribution in [3.63, 3.8) is 0 Å². The molecule has 0 fully saturated rings. The molecule has 0 unspecified atom stereocenters. The van der Waals surface area contributed by atoms with E-state index in [9.17, 15) is 9.59 Å². The highest BCUT2D eigenvalue weighted by atomic mass is 16.5. The normalized spacial score (nSPS) is 14.3.